The van der Waals surface area contributed by atoms with Crippen molar-refractivity contribution in [2.24, 2.45) is 22.7 Å². The number of nitrogens with zero attached hydrogens (tertiary/aromatic N) is 2. The van der Waals surface area contributed by atoms with Crippen molar-refractivity contribution in [3.05, 3.63) is 65.5 Å². The summed E-state index contributed by atoms with van der Waals surface area (Å²) in [5.41, 5.74) is 2.65. The van der Waals surface area contributed by atoms with Crippen molar-refractivity contribution in [2.45, 2.75) is 53.1 Å². The van der Waals surface area contributed by atoms with Gasteiger partial charge in [0.25, 0.3) is 0 Å². The number of para-hydroxylation sites is 1. The smallest absolute Gasteiger partial charge is 0.326 e. The number of benzene rings is 2. The van der Waals surface area contributed by atoms with E-state index in [2.05, 4.69) is 25.8 Å². The third-order valence-electron chi connectivity index (χ3n) is 6.51. The molecule has 0 spiro atoms. The Balaban J connectivity index is 1.88. The number of aryl methyl sites for hydroxylation is 1. The first-order chi connectivity index (χ1) is 15.3. The van der Waals surface area contributed by atoms with E-state index in [-0.39, 0.29) is 24.4 Å². The average Bonchev–Trinajstić information content (AvgIpc) is 2.75. The molecule has 0 radical (unpaired) electrons. The monoisotopic (exact) mass is 438 g/mol. The number of carbonyl (C=O) groups is 1. The fraction of sp³-hybridized carbons (Fsp3) is 0.481. The Morgan fingerprint density at radius 3 is 2.47 bits per heavy atom. The molecular weight excluding hydrogens is 403 g/mol. The summed E-state index contributed by atoms with van der Waals surface area (Å²) >= 11 is 0. The number of ether oxygens (including phenoxy) is 1. The number of carbonyl (C=O) groups excluding carboxylic acids is 1. The van der Waals surface area contributed by atoms with Crippen molar-refractivity contribution in [3.8, 4) is 0 Å². The van der Waals surface area contributed by atoms with Crippen LogP contribution in [0.4, 0.5) is 10.1 Å². The maximum Gasteiger partial charge on any atom is 0.326 e. The van der Waals surface area contributed by atoms with Crippen LogP contribution in [0.1, 0.15) is 51.2 Å². The van der Waals surface area contributed by atoms with E-state index in [1.165, 1.54) is 18.6 Å². The molecule has 0 unspecified atom stereocenters. The summed E-state index contributed by atoms with van der Waals surface area (Å²) in [7, 11) is 1.69. The zero-order chi connectivity index (χ0) is 23.3. The minimum Gasteiger partial charge on any atom is -0.461 e. The van der Waals surface area contributed by atoms with Gasteiger partial charge in [-0.05, 0) is 73.4 Å². The lowest BCUT2D eigenvalue weighted by molar-refractivity contribution is -0.154. The Labute approximate surface area is 191 Å². The van der Waals surface area contributed by atoms with E-state index >= 15 is 0 Å². The van der Waals surface area contributed by atoms with Crippen LogP contribution >= 0.6 is 0 Å². The summed E-state index contributed by atoms with van der Waals surface area (Å²) in [6, 6.07) is 14.1. The molecule has 5 heteroatoms. The lowest BCUT2D eigenvalue weighted by atomic mass is 9.75. The highest BCUT2D eigenvalue weighted by molar-refractivity contribution is 6.12. The van der Waals surface area contributed by atoms with Gasteiger partial charge in [0, 0.05) is 18.3 Å². The lowest BCUT2D eigenvalue weighted by Gasteiger charge is -2.37. The maximum atomic E-state index is 13.5. The van der Waals surface area contributed by atoms with Crippen LogP contribution in [-0.4, -0.2) is 31.5 Å². The molecule has 0 bridgehead atoms. The van der Waals surface area contributed by atoms with Gasteiger partial charge in [-0.1, -0.05) is 45.4 Å². The van der Waals surface area contributed by atoms with Gasteiger partial charge in [0.15, 0.2) is 0 Å². The molecule has 0 saturated heterocycles. The molecule has 1 aliphatic carbocycles. The molecule has 3 atom stereocenters. The van der Waals surface area contributed by atoms with Gasteiger partial charge in [0.1, 0.15) is 24.3 Å². The van der Waals surface area contributed by atoms with Crippen LogP contribution in [0, 0.1) is 30.5 Å². The van der Waals surface area contributed by atoms with Crippen LogP contribution in [0.25, 0.3) is 0 Å². The minimum absolute atomic E-state index is 0.0462. The van der Waals surface area contributed by atoms with E-state index in [4.69, 9.17) is 4.74 Å². The number of anilines is 1. The number of hydrogen-bond acceptors (Lipinski definition) is 3. The summed E-state index contributed by atoms with van der Waals surface area (Å²) in [6.07, 6.45) is 3.13. The second-order valence-electron chi connectivity index (χ2n) is 9.28. The molecular formula is C27H35FN2O2. The molecule has 0 N–H and O–H groups in total. The van der Waals surface area contributed by atoms with E-state index in [0.29, 0.717) is 23.6 Å². The van der Waals surface area contributed by atoms with Crippen LogP contribution in [-0.2, 0) is 9.53 Å². The van der Waals surface area contributed by atoms with Gasteiger partial charge in [0.05, 0.1) is 0 Å². The van der Waals surface area contributed by atoms with Crippen LogP contribution < -0.4 is 4.90 Å². The highest BCUT2D eigenvalue weighted by Crippen LogP contribution is 2.35. The predicted octanol–water partition coefficient (Wildman–Crippen LogP) is 6.02. The van der Waals surface area contributed by atoms with Crippen molar-refractivity contribution >= 4 is 17.5 Å². The highest BCUT2D eigenvalue weighted by atomic mass is 19.1. The van der Waals surface area contributed by atoms with E-state index in [1.807, 2.05) is 36.1 Å². The van der Waals surface area contributed by atoms with E-state index in [9.17, 15) is 9.18 Å². The SMILES string of the molecule is CN=C(c1ccc(F)cc1)N(CC(=O)O[C@@H]1C[C@H](C)CC[C@H]1C(C)C)c1ccccc1C. The molecule has 32 heavy (non-hydrogen) atoms. The summed E-state index contributed by atoms with van der Waals surface area (Å²) in [5.74, 6) is 1.45. The normalized spacial score (nSPS) is 21.5. The topological polar surface area (TPSA) is 41.9 Å². The van der Waals surface area contributed by atoms with Crippen molar-refractivity contribution in [1.82, 2.24) is 0 Å². The zero-order valence-electron chi connectivity index (χ0n) is 19.8. The van der Waals surface area contributed by atoms with Crippen LogP contribution in [0.2, 0.25) is 0 Å². The first kappa shape index (κ1) is 24.0. The molecule has 4 nitrogen and oxygen atoms in total. The average molecular weight is 439 g/mol. The first-order valence-corrected chi connectivity index (χ1v) is 11.6. The van der Waals surface area contributed by atoms with Crippen LogP contribution in [0.15, 0.2) is 53.5 Å². The van der Waals surface area contributed by atoms with E-state index in [0.717, 1.165) is 29.7 Å². The van der Waals surface area contributed by atoms with E-state index in [1.54, 1.807) is 19.2 Å². The zero-order valence-corrected chi connectivity index (χ0v) is 19.8. The summed E-state index contributed by atoms with van der Waals surface area (Å²) in [5, 5.41) is 0. The number of halogens is 1. The third kappa shape index (κ3) is 5.76. The number of hydrogen-bond donors (Lipinski definition) is 0. The Kier molecular flexibility index (Phi) is 8.05. The van der Waals surface area contributed by atoms with Crippen molar-refractivity contribution < 1.29 is 13.9 Å². The second-order valence-corrected chi connectivity index (χ2v) is 9.28. The van der Waals surface area contributed by atoms with Crippen LogP contribution in [0.5, 0.6) is 0 Å². The summed E-state index contributed by atoms with van der Waals surface area (Å²) in [6.45, 7) is 8.69. The number of rotatable bonds is 6. The maximum absolute atomic E-state index is 13.5. The number of aliphatic imine (C=N–C) groups is 1. The molecule has 1 fully saturated rings. The Hall–Kier alpha value is -2.69. The molecule has 1 saturated carbocycles. The largest absolute Gasteiger partial charge is 0.461 e. The highest BCUT2D eigenvalue weighted by Gasteiger charge is 2.34. The Bertz CT molecular complexity index is 939. The lowest BCUT2D eigenvalue weighted by Crippen LogP contribution is -2.41. The molecule has 2 aromatic rings. The second kappa shape index (κ2) is 10.8. The fourth-order valence-corrected chi connectivity index (χ4v) is 4.73. The molecule has 0 heterocycles. The fourth-order valence-electron chi connectivity index (χ4n) is 4.73. The molecule has 0 aliphatic heterocycles. The Morgan fingerprint density at radius 2 is 1.84 bits per heavy atom. The number of esters is 1. The molecule has 172 valence electrons. The quantitative estimate of drug-likeness (QED) is 0.315. The van der Waals surface area contributed by atoms with Gasteiger partial charge in [-0.25, -0.2) is 4.39 Å². The first-order valence-electron chi connectivity index (χ1n) is 11.6. The molecule has 0 aromatic heterocycles. The van der Waals surface area contributed by atoms with Gasteiger partial charge in [-0.3, -0.25) is 9.79 Å². The van der Waals surface area contributed by atoms with Gasteiger partial charge >= 0.3 is 5.97 Å². The molecule has 2 aromatic carbocycles. The third-order valence-corrected chi connectivity index (χ3v) is 6.51. The van der Waals surface area contributed by atoms with Crippen molar-refractivity contribution in [2.75, 3.05) is 18.5 Å². The summed E-state index contributed by atoms with van der Waals surface area (Å²) in [4.78, 5) is 19.6. The standard InChI is InChI=1S/C27H35FN2O2/c1-18(2)23-15-10-19(3)16-25(23)32-26(31)17-30(24-9-7-6-8-20(24)4)27(29-5)21-11-13-22(28)14-12-21/h6-9,11-14,18-19,23,25H,10,15-17H2,1-5H3/t19-,23+,25-/m1/s1. The van der Waals surface area contributed by atoms with Crippen LogP contribution in [0.3, 0.4) is 0 Å². The summed E-state index contributed by atoms with van der Waals surface area (Å²) < 4.78 is 19.6. The van der Waals surface area contributed by atoms with E-state index < -0.39 is 0 Å². The van der Waals surface area contributed by atoms with Gasteiger partial charge < -0.3 is 9.64 Å². The molecule has 1 aliphatic rings. The Morgan fingerprint density at radius 1 is 1.16 bits per heavy atom. The molecule has 3 rings (SSSR count). The molecule has 0 amide bonds. The van der Waals surface area contributed by atoms with Gasteiger partial charge in [-0.15, -0.1) is 0 Å². The van der Waals surface area contributed by atoms with Gasteiger partial charge in [0.2, 0.25) is 0 Å². The number of amidine groups is 1. The van der Waals surface area contributed by atoms with Gasteiger partial charge in [-0.2, -0.15) is 0 Å². The minimum atomic E-state index is -0.308. The van der Waals surface area contributed by atoms with Crippen molar-refractivity contribution in [1.29, 1.82) is 0 Å². The predicted molar refractivity (Wildman–Crippen MR) is 129 cm³/mol. The van der Waals surface area contributed by atoms with Crippen molar-refractivity contribution in [3.63, 3.8) is 0 Å².